The van der Waals surface area contributed by atoms with E-state index in [9.17, 15) is 4.79 Å². The van der Waals surface area contributed by atoms with Gasteiger partial charge in [0, 0.05) is 6.42 Å². The van der Waals surface area contributed by atoms with Gasteiger partial charge in [-0.2, -0.15) is 0 Å². The molecule has 23 heavy (non-hydrogen) atoms. The average Bonchev–Trinajstić information content (AvgIpc) is 2.56. The largest absolute Gasteiger partial charge is 0.466 e. The third-order valence-corrected chi connectivity index (χ3v) is 4.50. The van der Waals surface area contributed by atoms with Gasteiger partial charge in [-0.3, -0.25) is 4.79 Å². The van der Waals surface area contributed by atoms with Crippen LogP contribution in [0.2, 0.25) is 0 Å². The molecule has 0 aromatic rings. The number of unbranched alkanes of at least 4 members (excludes halogenated alkanes) is 14. The van der Waals surface area contributed by atoms with E-state index in [1.165, 1.54) is 89.9 Å². The first-order chi connectivity index (χ1) is 11.3. The predicted octanol–water partition coefficient (Wildman–Crippen LogP) is 7.20. The van der Waals surface area contributed by atoms with Gasteiger partial charge in [-0.05, 0) is 12.8 Å². The van der Waals surface area contributed by atoms with Crippen molar-refractivity contribution >= 4 is 5.97 Å². The van der Waals surface area contributed by atoms with Crippen molar-refractivity contribution in [3.63, 3.8) is 0 Å². The summed E-state index contributed by atoms with van der Waals surface area (Å²) in [6, 6.07) is 0. The zero-order valence-corrected chi connectivity index (χ0v) is 16.0. The molecule has 0 spiro atoms. The highest BCUT2D eigenvalue weighted by atomic mass is 16.5. The van der Waals surface area contributed by atoms with Gasteiger partial charge in [-0.1, -0.05) is 104 Å². The Bertz CT molecular complexity index is 238. The highest BCUT2D eigenvalue weighted by Gasteiger charge is 2.02. The molecule has 0 aromatic carbocycles. The summed E-state index contributed by atoms with van der Waals surface area (Å²) in [5.74, 6) is 0.0106. The maximum absolute atomic E-state index is 11.6. The molecule has 0 N–H and O–H groups in total. The van der Waals surface area contributed by atoms with Crippen LogP contribution in [0.5, 0.6) is 0 Å². The van der Waals surface area contributed by atoms with Gasteiger partial charge in [-0.15, -0.1) is 0 Å². The van der Waals surface area contributed by atoms with Crippen LogP contribution in [0, 0.1) is 0 Å². The minimum atomic E-state index is 0.0106. The van der Waals surface area contributed by atoms with E-state index in [4.69, 9.17) is 4.74 Å². The molecule has 0 bridgehead atoms. The summed E-state index contributed by atoms with van der Waals surface area (Å²) in [6.45, 7) is 5.11. The minimum absolute atomic E-state index is 0.0106. The van der Waals surface area contributed by atoms with E-state index in [0.717, 1.165) is 12.8 Å². The lowest BCUT2D eigenvalue weighted by molar-refractivity contribution is -0.143. The first-order valence-electron chi connectivity index (χ1n) is 10.5. The number of carbonyl (C=O) groups is 1. The van der Waals surface area contributed by atoms with Crippen molar-refractivity contribution in [2.75, 3.05) is 6.61 Å². The van der Waals surface area contributed by atoms with Gasteiger partial charge in [0.05, 0.1) is 6.61 Å². The maximum atomic E-state index is 11.6. The standard InChI is InChI=1S/C21H42O2/c1-3-5-7-9-10-11-12-13-14-15-17-19-21(22)23-20-18-16-8-6-4-2/h3-20H2,1-2H3. The molecule has 0 atom stereocenters. The van der Waals surface area contributed by atoms with Crippen molar-refractivity contribution in [1.29, 1.82) is 0 Å². The number of hydrogen-bond acceptors (Lipinski definition) is 2. The Hall–Kier alpha value is -0.530. The second-order valence-electron chi connectivity index (χ2n) is 6.92. The number of rotatable bonds is 18. The molecule has 0 aliphatic heterocycles. The predicted molar refractivity (Wildman–Crippen MR) is 101 cm³/mol. The molecular formula is C21H42O2. The van der Waals surface area contributed by atoms with Crippen molar-refractivity contribution in [3.8, 4) is 0 Å². The molecule has 0 aliphatic carbocycles. The molecule has 0 radical (unpaired) electrons. The van der Waals surface area contributed by atoms with Crippen LogP contribution in [0.3, 0.4) is 0 Å². The fourth-order valence-corrected chi connectivity index (χ4v) is 2.90. The van der Waals surface area contributed by atoms with Crippen LogP contribution in [0.4, 0.5) is 0 Å². The lowest BCUT2D eigenvalue weighted by Crippen LogP contribution is -2.05. The monoisotopic (exact) mass is 326 g/mol. The van der Waals surface area contributed by atoms with E-state index >= 15 is 0 Å². The molecule has 0 unspecified atom stereocenters. The third-order valence-electron chi connectivity index (χ3n) is 4.50. The topological polar surface area (TPSA) is 26.3 Å². The Kier molecular flexibility index (Phi) is 19.1. The van der Waals surface area contributed by atoms with Gasteiger partial charge in [0.15, 0.2) is 0 Å². The normalized spacial score (nSPS) is 10.9. The minimum Gasteiger partial charge on any atom is -0.466 e. The van der Waals surface area contributed by atoms with Crippen LogP contribution in [0.25, 0.3) is 0 Å². The summed E-state index contributed by atoms with van der Waals surface area (Å²) < 4.78 is 5.28. The second-order valence-corrected chi connectivity index (χ2v) is 6.92. The SMILES string of the molecule is CCCCCCCCCCCCCC(=O)OCCCCCCC. The average molecular weight is 327 g/mol. The lowest BCUT2D eigenvalue weighted by Gasteiger charge is -2.05. The fourth-order valence-electron chi connectivity index (χ4n) is 2.90. The number of carbonyl (C=O) groups excluding carboxylic acids is 1. The van der Waals surface area contributed by atoms with E-state index in [1.54, 1.807) is 0 Å². The van der Waals surface area contributed by atoms with E-state index < -0.39 is 0 Å². The van der Waals surface area contributed by atoms with Crippen molar-refractivity contribution in [3.05, 3.63) is 0 Å². The molecule has 0 saturated heterocycles. The fraction of sp³-hybridized carbons (Fsp3) is 0.952. The van der Waals surface area contributed by atoms with Crippen molar-refractivity contribution in [2.24, 2.45) is 0 Å². The molecule has 0 aromatic heterocycles. The van der Waals surface area contributed by atoms with E-state index in [0.29, 0.717) is 13.0 Å². The van der Waals surface area contributed by atoms with Crippen LogP contribution in [0.15, 0.2) is 0 Å². The molecule has 0 saturated carbocycles. The third kappa shape index (κ3) is 19.4. The van der Waals surface area contributed by atoms with Crippen LogP contribution in [-0.4, -0.2) is 12.6 Å². The summed E-state index contributed by atoms with van der Waals surface area (Å²) in [5, 5.41) is 0. The van der Waals surface area contributed by atoms with Crippen LogP contribution >= 0.6 is 0 Å². The highest BCUT2D eigenvalue weighted by molar-refractivity contribution is 5.69. The first kappa shape index (κ1) is 22.5. The van der Waals surface area contributed by atoms with Gasteiger partial charge in [0.2, 0.25) is 0 Å². The molecule has 0 heterocycles. The Morgan fingerprint density at radius 2 is 0.957 bits per heavy atom. The molecule has 2 nitrogen and oxygen atoms in total. The summed E-state index contributed by atoms with van der Waals surface area (Å²) in [7, 11) is 0. The molecule has 138 valence electrons. The second kappa shape index (κ2) is 19.5. The summed E-state index contributed by atoms with van der Waals surface area (Å²) in [5.41, 5.74) is 0. The Balaban J connectivity index is 3.11. The zero-order valence-electron chi connectivity index (χ0n) is 16.0. The van der Waals surface area contributed by atoms with Crippen molar-refractivity contribution in [1.82, 2.24) is 0 Å². The van der Waals surface area contributed by atoms with Crippen LogP contribution < -0.4 is 0 Å². The molecule has 2 heteroatoms. The highest BCUT2D eigenvalue weighted by Crippen LogP contribution is 2.12. The van der Waals surface area contributed by atoms with Crippen LogP contribution in [-0.2, 0) is 9.53 Å². The van der Waals surface area contributed by atoms with Gasteiger partial charge >= 0.3 is 5.97 Å². The smallest absolute Gasteiger partial charge is 0.305 e. The molecule has 0 aliphatic rings. The zero-order chi connectivity index (χ0) is 17.0. The van der Waals surface area contributed by atoms with Gasteiger partial charge in [0.25, 0.3) is 0 Å². The number of ether oxygens (including phenoxy) is 1. The van der Waals surface area contributed by atoms with E-state index in [-0.39, 0.29) is 5.97 Å². The molecule has 0 fully saturated rings. The van der Waals surface area contributed by atoms with Crippen molar-refractivity contribution < 1.29 is 9.53 Å². The summed E-state index contributed by atoms with van der Waals surface area (Å²) in [4.78, 5) is 11.6. The molecular weight excluding hydrogens is 284 g/mol. The maximum Gasteiger partial charge on any atom is 0.305 e. The Morgan fingerprint density at radius 3 is 1.43 bits per heavy atom. The van der Waals surface area contributed by atoms with Gasteiger partial charge in [0.1, 0.15) is 0 Å². The van der Waals surface area contributed by atoms with Gasteiger partial charge < -0.3 is 4.74 Å². The lowest BCUT2D eigenvalue weighted by atomic mass is 10.1. The summed E-state index contributed by atoms with van der Waals surface area (Å²) >= 11 is 0. The summed E-state index contributed by atoms with van der Waals surface area (Å²) in [6.07, 6.45) is 21.2. The molecule has 0 amide bonds. The van der Waals surface area contributed by atoms with Crippen LogP contribution in [0.1, 0.15) is 123 Å². The quantitative estimate of drug-likeness (QED) is 0.196. The van der Waals surface area contributed by atoms with Crippen molar-refractivity contribution in [2.45, 2.75) is 123 Å². The van der Waals surface area contributed by atoms with Gasteiger partial charge in [-0.25, -0.2) is 0 Å². The number of esters is 1. The Morgan fingerprint density at radius 1 is 0.565 bits per heavy atom. The first-order valence-corrected chi connectivity index (χ1v) is 10.5. The Labute approximate surface area is 145 Å². The van der Waals surface area contributed by atoms with E-state index in [1.807, 2.05) is 0 Å². The van der Waals surface area contributed by atoms with E-state index in [2.05, 4.69) is 13.8 Å². The number of hydrogen-bond donors (Lipinski definition) is 0. The molecule has 0 rings (SSSR count).